The van der Waals surface area contributed by atoms with Crippen LogP contribution in [0.4, 0.5) is 0 Å². The van der Waals surface area contributed by atoms with Gasteiger partial charge in [-0.25, -0.2) is 0 Å². The van der Waals surface area contributed by atoms with Gasteiger partial charge >= 0.3 is 0 Å². The SMILES string of the molecule is CCCCCCCCCCCNC(=O)c1cc(OC)cc(OC)c1. The number of methoxy groups -OCH3 is 2. The second-order valence-corrected chi connectivity index (χ2v) is 6.19. The van der Waals surface area contributed by atoms with Crippen molar-refractivity contribution in [2.45, 2.75) is 64.7 Å². The number of amides is 1. The minimum absolute atomic E-state index is 0.0771. The summed E-state index contributed by atoms with van der Waals surface area (Å²) >= 11 is 0. The summed E-state index contributed by atoms with van der Waals surface area (Å²) in [6.45, 7) is 2.96. The standard InChI is InChI=1S/C20H33NO3/c1-4-5-6-7-8-9-10-11-12-13-21-20(22)17-14-18(23-2)16-19(15-17)24-3/h14-16H,4-13H2,1-3H3,(H,21,22). The number of carbonyl (C=O) groups is 1. The van der Waals surface area contributed by atoms with E-state index in [1.165, 1.54) is 51.4 Å². The zero-order valence-electron chi connectivity index (χ0n) is 15.5. The van der Waals surface area contributed by atoms with Crippen LogP contribution in [-0.4, -0.2) is 26.7 Å². The molecule has 1 aromatic rings. The summed E-state index contributed by atoms with van der Waals surface area (Å²) in [4.78, 5) is 12.2. The van der Waals surface area contributed by atoms with Gasteiger partial charge in [-0.15, -0.1) is 0 Å². The molecule has 0 heterocycles. The van der Waals surface area contributed by atoms with E-state index in [1.807, 2.05) is 0 Å². The highest BCUT2D eigenvalue weighted by Gasteiger charge is 2.09. The van der Waals surface area contributed by atoms with Crippen molar-refractivity contribution in [3.05, 3.63) is 23.8 Å². The fourth-order valence-electron chi connectivity index (χ4n) is 2.68. The molecule has 1 N–H and O–H groups in total. The molecule has 0 saturated heterocycles. The third-order valence-corrected chi connectivity index (χ3v) is 4.18. The topological polar surface area (TPSA) is 47.6 Å². The average molecular weight is 335 g/mol. The highest BCUT2D eigenvalue weighted by molar-refractivity contribution is 5.95. The smallest absolute Gasteiger partial charge is 0.251 e. The van der Waals surface area contributed by atoms with Crippen LogP contribution in [0.25, 0.3) is 0 Å². The lowest BCUT2D eigenvalue weighted by Gasteiger charge is -2.09. The summed E-state index contributed by atoms with van der Waals surface area (Å²) in [7, 11) is 3.16. The number of rotatable bonds is 13. The molecule has 0 spiro atoms. The van der Waals surface area contributed by atoms with Gasteiger partial charge < -0.3 is 14.8 Å². The Morgan fingerprint density at radius 1 is 0.833 bits per heavy atom. The molecule has 0 saturated carbocycles. The number of carbonyl (C=O) groups excluding carboxylic acids is 1. The van der Waals surface area contributed by atoms with E-state index in [9.17, 15) is 4.79 Å². The van der Waals surface area contributed by atoms with Crippen LogP contribution in [0, 0.1) is 0 Å². The number of unbranched alkanes of at least 4 members (excludes halogenated alkanes) is 8. The first kappa shape index (κ1) is 20.3. The normalized spacial score (nSPS) is 10.5. The largest absolute Gasteiger partial charge is 0.497 e. The minimum Gasteiger partial charge on any atom is -0.497 e. The Bertz CT molecular complexity index is 452. The van der Waals surface area contributed by atoms with Gasteiger partial charge in [0.1, 0.15) is 11.5 Å². The van der Waals surface area contributed by atoms with Crippen LogP contribution in [0.3, 0.4) is 0 Å². The van der Waals surface area contributed by atoms with Crippen molar-refractivity contribution in [2.75, 3.05) is 20.8 Å². The lowest BCUT2D eigenvalue weighted by Crippen LogP contribution is -2.24. The Labute approximate surface area is 146 Å². The molecule has 1 rings (SSSR count). The van der Waals surface area contributed by atoms with Crippen molar-refractivity contribution >= 4 is 5.91 Å². The van der Waals surface area contributed by atoms with Crippen molar-refractivity contribution in [3.8, 4) is 11.5 Å². The fraction of sp³-hybridized carbons (Fsp3) is 0.650. The predicted molar refractivity (Wildman–Crippen MR) is 99.1 cm³/mol. The van der Waals surface area contributed by atoms with E-state index >= 15 is 0 Å². The summed E-state index contributed by atoms with van der Waals surface area (Å²) in [6, 6.07) is 5.22. The molecule has 1 aromatic carbocycles. The van der Waals surface area contributed by atoms with Crippen molar-refractivity contribution in [3.63, 3.8) is 0 Å². The van der Waals surface area contributed by atoms with Gasteiger partial charge in [0.2, 0.25) is 0 Å². The third kappa shape index (κ3) is 8.23. The number of hydrogen-bond donors (Lipinski definition) is 1. The van der Waals surface area contributed by atoms with E-state index in [-0.39, 0.29) is 5.91 Å². The molecule has 4 heteroatoms. The summed E-state index contributed by atoms with van der Waals surface area (Å²) in [5.41, 5.74) is 0.571. The van der Waals surface area contributed by atoms with Gasteiger partial charge in [-0.05, 0) is 18.6 Å². The van der Waals surface area contributed by atoms with E-state index < -0.39 is 0 Å². The summed E-state index contributed by atoms with van der Waals surface area (Å²) in [5.74, 6) is 1.18. The van der Waals surface area contributed by atoms with Crippen molar-refractivity contribution < 1.29 is 14.3 Å². The molecule has 0 aliphatic heterocycles. The predicted octanol–water partition coefficient (Wildman–Crippen LogP) is 4.96. The molecule has 0 fully saturated rings. The van der Waals surface area contributed by atoms with Gasteiger partial charge in [-0.1, -0.05) is 58.3 Å². The highest BCUT2D eigenvalue weighted by atomic mass is 16.5. The molecule has 0 aliphatic carbocycles. The monoisotopic (exact) mass is 335 g/mol. The Morgan fingerprint density at radius 2 is 1.33 bits per heavy atom. The van der Waals surface area contributed by atoms with E-state index in [1.54, 1.807) is 32.4 Å². The Balaban J connectivity index is 2.18. The molecular formula is C20H33NO3. The number of ether oxygens (including phenoxy) is 2. The zero-order chi connectivity index (χ0) is 17.6. The molecule has 0 atom stereocenters. The highest BCUT2D eigenvalue weighted by Crippen LogP contribution is 2.22. The van der Waals surface area contributed by atoms with Crippen molar-refractivity contribution in [1.82, 2.24) is 5.32 Å². The lowest BCUT2D eigenvalue weighted by atomic mass is 10.1. The molecule has 0 bridgehead atoms. The van der Waals surface area contributed by atoms with Gasteiger partial charge in [-0.2, -0.15) is 0 Å². The van der Waals surface area contributed by atoms with Gasteiger partial charge in [0.05, 0.1) is 14.2 Å². The van der Waals surface area contributed by atoms with Gasteiger partial charge in [0.15, 0.2) is 0 Å². The van der Waals surface area contributed by atoms with Crippen molar-refractivity contribution in [1.29, 1.82) is 0 Å². The van der Waals surface area contributed by atoms with Crippen LogP contribution in [0.2, 0.25) is 0 Å². The number of hydrogen-bond acceptors (Lipinski definition) is 3. The van der Waals surface area contributed by atoms with Crippen LogP contribution < -0.4 is 14.8 Å². The van der Waals surface area contributed by atoms with E-state index in [2.05, 4.69) is 12.2 Å². The second-order valence-electron chi connectivity index (χ2n) is 6.19. The van der Waals surface area contributed by atoms with Crippen molar-refractivity contribution in [2.24, 2.45) is 0 Å². The number of benzene rings is 1. The molecule has 1 amide bonds. The Hall–Kier alpha value is -1.71. The first-order valence-corrected chi connectivity index (χ1v) is 9.22. The maximum atomic E-state index is 12.2. The van der Waals surface area contributed by atoms with Crippen LogP contribution in [0.1, 0.15) is 75.1 Å². The van der Waals surface area contributed by atoms with Crippen LogP contribution >= 0.6 is 0 Å². The van der Waals surface area contributed by atoms with E-state index in [0.29, 0.717) is 23.6 Å². The minimum atomic E-state index is -0.0771. The lowest BCUT2D eigenvalue weighted by molar-refractivity contribution is 0.0952. The molecule has 136 valence electrons. The second kappa shape index (κ2) is 12.7. The van der Waals surface area contributed by atoms with Crippen LogP contribution in [0.15, 0.2) is 18.2 Å². The fourth-order valence-corrected chi connectivity index (χ4v) is 2.68. The van der Waals surface area contributed by atoms with Gasteiger partial charge in [0, 0.05) is 18.2 Å². The first-order chi connectivity index (χ1) is 11.7. The van der Waals surface area contributed by atoms with E-state index in [4.69, 9.17) is 9.47 Å². The molecule has 0 radical (unpaired) electrons. The van der Waals surface area contributed by atoms with Gasteiger partial charge in [-0.3, -0.25) is 4.79 Å². The quantitative estimate of drug-likeness (QED) is 0.518. The first-order valence-electron chi connectivity index (χ1n) is 9.22. The Morgan fingerprint density at radius 3 is 1.83 bits per heavy atom. The van der Waals surface area contributed by atoms with Gasteiger partial charge in [0.25, 0.3) is 5.91 Å². The average Bonchev–Trinajstić information content (AvgIpc) is 2.62. The maximum Gasteiger partial charge on any atom is 0.251 e. The molecule has 0 unspecified atom stereocenters. The number of nitrogens with one attached hydrogen (secondary N) is 1. The van der Waals surface area contributed by atoms with Crippen LogP contribution in [-0.2, 0) is 0 Å². The molecule has 0 aromatic heterocycles. The summed E-state index contributed by atoms with van der Waals surface area (Å²) < 4.78 is 10.4. The summed E-state index contributed by atoms with van der Waals surface area (Å²) in [5, 5.41) is 2.97. The molecule has 4 nitrogen and oxygen atoms in total. The summed E-state index contributed by atoms with van der Waals surface area (Å²) in [6.07, 6.45) is 11.5. The maximum absolute atomic E-state index is 12.2. The third-order valence-electron chi connectivity index (χ3n) is 4.18. The van der Waals surface area contributed by atoms with Crippen LogP contribution in [0.5, 0.6) is 11.5 Å². The molecular weight excluding hydrogens is 302 g/mol. The Kier molecular flexibility index (Phi) is 10.7. The molecule has 0 aliphatic rings. The van der Waals surface area contributed by atoms with E-state index in [0.717, 1.165) is 6.42 Å². The zero-order valence-corrected chi connectivity index (χ0v) is 15.5. The molecule has 24 heavy (non-hydrogen) atoms.